The Labute approximate surface area is 179 Å². The summed E-state index contributed by atoms with van der Waals surface area (Å²) >= 11 is 5.99. The van der Waals surface area contributed by atoms with Crippen LogP contribution in [-0.4, -0.2) is 41.2 Å². The van der Waals surface area contributed by atoms with E-state index in [-0.39, 0.29) is 16.7 Å². The zero-order valence-corrected chi connectivity index (χ0v) is 17.0. The van der Waals surface area contributed by atoms with Crippen molar-refractivity contribution in [1.82, 2.24) is 9.97 Å². The smallest absolute Gasteiger partial charge is 0.419 e. The number of aromatic nitrogens is 2. The summed E-state index contributed by atoms with van der Waals surface area (Å²) in [7, 11) is 0. The predicted molar refractivity (Wildman–Crippen MR) is 104 cm³/mol. The molecule has 166 valence electrons. The van der Waals surface area contributed by atoms with E-state index in [4.69, 9.17) is 26.8 Å². The van der Waals surface area contributed by atoms with E-state index in [0.717, 1.165) is 19.1 Å². The molecule has 0 radical (unpaired) electrons. The van der Waals surface area contributed by atoms with Crippen molar-refractivity contribution in [2.75, 3.05) is 18.5 Å². The SMILES string of the molecule is CCOc1cnc(OC(=O)Nc2ccc(F)c([C@@]3(C)N=C(N)OCC3(F)F)n2)c(Cl)c1. The number of alkyl halides is 2. The molecule has 0 saturated heterocycles. The lowest BCUT2D eigenvalue weighted by molar-refractivity contribution is -0.118. The number of carbonyl (C=O) groups is 1. The summed E-state index contributed by atoms with van der Waals surface area (Å²) in [6.07, 6.45) is 0.207. The van der Waals surface area contributed by atoms with E-state index in [9.17, 15) is 18.0 Å². The number of halogens is 4. The molecule has 9 nitrogen and oxygen atoms in total. The van der Waals surface area contributed by atoms with Crippen LogP contribution in [0.5, 0.6) is 11.6 Å². The molecule has 0 saturated carbocycles. The minimum absolute atomic E-state index is 0.00646. The summed E-state index contributed by atoms with van der Waals surface area (Å²) in [6, 6.07) is 2.76. The van der Waals surface area contributed by atoms with Crippen LogP contribution >= 0.6 is 11.6 Å². The molecule has 0 unspecified atom stereocenters. The van der Waals surface area contributed by atoms with Crippen LogP contribution < -0.4 is 20.5 Å². The number of aliphatic imine (C=N–C) groups is 1. The van der Waals surface area contributed by atoms with E-state index in [0.29, 0.717) is 12.4 Å². The van der Waals surface area contributed by atoms with E-state index < -0.39 is 41.7 Å². The third-order valence-electron chi connectivity index (χ3n) is 4.27. The number of amides is 1. The highest BCUT2D eigenvalue weighted by molar-refractivity contribution is 6.32. The van der Waals surface area contributed by atoms with Crippen LogP contribution in [0.3, 0.4) is 0 Å². The average Bonchev–Trinajstić information content (AvgIpc) is 2.69. The molecule has 2 aromatic rings. The quantitative estimate of drug-likeness (QED) is 0.702. The van der Waals surface area contributed by atoms with Gasteiger partial charge in [-0.25, -0.2) is 24.1 Å². The monoisotopic (exact) mass is 459 g/mol. The normalized spacial score (nSPS) is 19.7. The maximum atomic E-state index is 14.5. The van der Waals surface area contributed by atoms with Gasteiger partial charge >= 0.3 is 12.0 Å². The number of rotatable bonds is 5. The van der Waals surface area contributed by atoms with E-state index in [2.05, 4.69) is 25.0 Å². The van der Waals surface area contributed by atoms with Gasteiger partial charge in [0.25, 0.3) is 6.02 Å². The Hall–Kier alpha value is -3.28. The fraction of sp³-hybridized carbons (Fsp3) is 0.333. The highest BCUT2D eigenvalue weighted by Crippen LogP contribution is 2.43. The second-order valence-electron chi connectivity index (χ2n) is 6.45. The van der Waals surface area contributed by atoms with Crippen molar-refractivity contribution < 1.29 is 32.2 Å². The first kappa shape index (κ1) is 22.4. The van der Waals surface area contributed by atoms with Crippen molar-refractivity contribution in [2.45, 2.75) is 25.3 Å². The number of amidine groups is 1. The van der Waals surface area contributed by atoms with E-state index in [1.807, 2.05) is 0 Å². The zero-order chi connectivity index (χ0) is 22.8. The second kappa shape index (κ2) is 8.46. The molecule has 0 fully saturated rings. The van der Waals surface area contributed by atoms with Crippen molar-refractivity contribution in [2.24, 2.45) is 10.7 Å². The molecule has 1 aliphatic rings. The van der Waals surface area contributed by atoms with Gasteiger partial charge in [-0.3, -0.25) is 5.32 Å². The van der Waals surface area contributed by atoms with Gasteiger partial charge in [-0.15, -0.1) is 0 Å². The van der Waals surface area contributed by atoms with Crippen LogP contribution in [0.4, 0.5) is 23.8 Å². The first-order chi connectivity index (χ1) is 14.6. The standard InChI is InChI=1S/C18H17ClF3N5O4/c1-3-29-9-6-10(19)14(24-7-9)31-16(28)26-12-5-4-11(20)13(25-12)17(2)18(21,22)8-30-15(23)27-17/h4-7H,3,8H2,1-2H3,(H2,23,27)(H,25,26,28)/t17-/m1/s1. The number of ether oxygens (including phenoxy) is 3. The molecule has 3 heterocycles. The maximum absolute atomic E-state index is 14.5. The molecule has 2 aromatic heterocycles. The Morgan fingerprint density at radius 1 is 1.42 bits per heavy atom. The van der Waals surface area contributed by atoms with Crippen LogP contribution in [0.25, 0.3) is 0 Å². The third-order valence-corrected chi connectivity index (χ3v) is 4.54. The largest absolute Gasteiger partial charge is 0.492 e. The molecule has 3 N–H and O–H groups in total. The minimum Gasteiger partial charge on any atom is -0.492 e. The van der Waals surface area contributed by atoms with Gasteiger partial charge in [0.1, 0.15) is 28.1 Å². The molecule has 0 spiro atoms. The van der Waals surface area contributed by atoms with Gasteiger partial charge in [-0.05, 0) is 26.0 Å². The van der Waals surface area contributed by atoms with Crippen LogP contribution in [0.2, 0.25) is 5.02 Å². The van der Waals surface area contributed by atoms with Crippen molar-refractivity contribution in [1.29, 1.82) is 0 Å². The predicted octanol–water partition coefficient (Wildman–Crippen LogP) is 3.47. The van der Waals surface area contributed by atoms with Gasteiger partial charge < -0.3 is 19.9 Å². The Kier molecular flexibility index (Phi) is 6.11. The Bertz CT molecular complexity index is 1040. The van der Waals surface area contributed by atoms with Crippen LogP contribution in [0.1, 0.15) is 19.5 Å². The zero-order valence-electron chi connectivity index (χ0n) is 16.3. The van der Waals surface area contributed by atoms with E-state index in [1.54, 1.807) is 6.92 Å². The number of nitrogens with one attached hydrogen (secondary N) is 1. The number of anilines is 1. The second-order valence-corrected chi connectivity index (χ2v) is 6.86. The van der Waals surface area contributed by atoms with Gasteiger partial charge in [-0.2, -0.15) is 8.78 Å². The Balaban J connectivity index is 1.82. The lowest BCUT2D eigenvalue weighted by atomic mass is 9.89. The molecule has 13 heteroatoms. The van der Waals surface area contributed by atoms with Crippen LogP contribution in [0.15, 0.2) is 29.4 Å². The fourth-order valence-electron chi connectivity index (χ4n) is 2.67. The summed E-state index contributed by atoms with van der Waals surface area (Å²) in [4.78, 5) is 23.4. The maximum Gasteiger partial charge on any atom is 0.419 e. The van der Waals surface area contributed by atoms with Crippen LogP contribution in [0, 0.1) is 5.82 Å². The van der Waals surface area contributed by atoms with Crippen LogP contribution in [-0.2, 0) is 10.3 Å². The summed E-state index contributed by atoms with van der Waals surface area (Å²) in [6.45, 7) is 2.00. The molecule has 0 aromatic carbocycles. The van der Waals surface area contributed by atoms with Gasteiger partial charge in [0.15, 0.2) is 12.1 Å². The summed E-state index contributed by atoms with van der Waals surface area (Å²) in [5.41, 5.74) is 2.20. The molecule has 0 bridgehead atoms. The Morgan fingerprint density at radius 2 is 2.16 bits per heavy atom. The molecular formula is C18H17ClF3N5O4. The van der Waals surface area contributed by atoms with E-state index in [1.165, 1.54) is 12.3 Å². The molecule has 1 aliphatic heterocycles. The fourth-order valence-corrected chi connectivity index (χ4v) is 2.86. The number of carbonyl (C=O) groups excluding carboxylic acids is 1. The number of nitrogens with two attached hydrogens (primary N) is 1. The molecule has 3 rings (SSSR count). The number of pyridine rings is 2. The van der Waals surface area contributed by atoms with Gasteiger partial charge in [0, 0.05) is 6.07 Å². The molecule has 1 amide bonds. The average molecular weight is 460 g/mol. The molecule has 0 aliphatic carbocycles. The Morgan fingerprint density at radius 3 is 2.84 bits per heavy atom. The summed E-state index contributed by atoms with van der Waals surface area (Å²) < 4.78 is 58.1. The first-order valence-electron chi connectivity index (χ1n) is 8.86. The molecule has 1 atom stereocenters. The van der Waals surface area contributed by atoms with Gasteiger partial charge in [0.2, 0.25) is 5.88 Å². The van der Waals surface area contributed by atoms with Crippen molar-refractivity contribution in [3.63, 3.8) is 0 Å². The lowest BCUT2D eigenvalue weighted by Crippen LogP contribution is -2.51. The number of hydrogen-bond acceptors (Lipinski definition) is 8. The molecular weight excluding hydrogens is 443 g/mol. The summed E-state index contributed by atoms with van der Waals surface area (Å²) in [5, 5.41) is 2.19. The first-order valence-corrected chi connectivity index (χ1v) is 9.23. The lowest BCUT2D eigenvalue weighted by Gasteiger charge is -2.36. The molecule has 31 heavy (non-hydrogen) atoms. The summed E-state index contributed by atoms with van der Waals surface area (Å²) in [5.74, 6) is -4.83. The van der Waals surface area contributed by atoms with Gasteiger partial charge in [-0.1, -0.05) is 11.6 Å². The number of nitrogens with zero attached hydrogens (tertiary/aromatic N) is 3. The van der Waals surface area contributed by atoms with E-state index >= 15 is 0 Å². The van der Waals surface area contributed by atoms with Crippen molar-refractivity contribution in [3.05, 3.63) is 40.9 Å². The topological polar surface area (TPSA) is 121 Å². The van der Waals surface area contributed by atoms with Crippen molar-refractivity contribution >= 4 is 29.5 Å². The number of hydrogen-bond donors (Lipinski definition) is 2. The third kappa shape index (κ3) is 4.58. The van der Waals surface area contributed by atoms with Gasteiger partial charge in [0.05, 0.1) is 12.8 Å². The van der Waals surface area contributed by atoms with Crippen molar-refractivity contribution in [3.8, 4) is 11.6 Å². The highest BCUT2D eigenvalue weighted by Gasteiger charge is 2.57. The highest BCUT2D eigenvalue weighted by atomic mass is 35.5. The minimum atomic E-state index is -3.62.